The number of hydrogen-bond acceptors (Lipinski definition) is 5. The normalized spacial score (nSPS) is 15.8. The highest BCUT2D eigenvalue weighted by Gasteiger charge is 2.13. The van der Waals surface area contributed by atoms with E-state index in [1.807, 2.05) is 13.2 Å². The minimum atomic E-state index is 0. The second-order valence-electron chi connectivity index (χ2n) is 7.36. The summed E-state index contributed by atoms with van der Waals surface area (Å²) < 4.78 is 0. The van der Waals surface area contributed by atoms with Crippen LogP contribution in [0.1, 0.15) is 21.0 Å². The van der Waals surface area contributed by atoms with Gasteiger partial charge in [0.2, 0.25) is 0 Å². The first kappa shape index (κ1) is 24.0. The van der Waals surface area contributed by atoms with Crippen LogP contribution in [-0.2, 0) is 19.5 Å². The Labute approximate surface area is 195 Å². The first-order chi connectivity index (χ1) is 13.6. The molecule has 0 atom stereocenters. The summed E-state index contributed by atoms with van der Waals surface area (Å²) in [6, 6.07) is 8.92. The van der Waals surface area contributed by atoms with Crippen LogP contribution in [0.5, 0.6) is 0 Å². The van der Waals surface area contributed by atoms with Gasteiger partial charge in [0, 0.05) is 70.4 Å². The molecule has 1 aliphatic rings. The van der Waals surface area contributed by atoms with E-state index in [-0.39, 0.29) is 24.0 Å². The van der Waals surface area contributed by atoms with Crippen molar-refractivity contribution in [2.75, 3.05) is 46.8 Å². The third-order valence-corrected chi connectivity index (χ3v) is 5.98. The quantitative estimate of drug-likeness (QED) is 0.329. The molecule has 2 heterocycles. The highest BCUT2D eigenvalue weighted by molar-refractivity contribution is 14.0. The SMILES string of the molecule is CN=C(NCCc1ncc(C)s1)NCc1ccc(CN2CCN(C)CC2)cc1.I. The Balaban J connectivity index is 0.00000300. The van der Waals surface area contributed by atoms with Crippen LogP contribution in [-0.4, -0.2) is 67.6 Å². The number of halogens is 1. The fraction of sp³-hybridized carbons (Fsp3) is 0.524. The van der Waals surface area contributed by atoms with Gasteiger partial charge in [0.25, 0.3) is 0 Å². The molecule has 0 radical (unpaired) electrons. The standard InChI is InChI=1S/C21H32N6S.HI/c1-17-14-24-20(28-17)8-9-23-21(22-2)25-15-18-4-6-19(7-5-18)16-27-12-10-26(3)11-13-27;/h4-7,14H,8-13,15-16H2,1-3H3,(H2,22,23,25);1H. The van der Waals surface area contributed by atoms with E-state index in [0.29, 0.717) is 0 Å². The summed E-state index contributed by atoms with van der Waals surface area (Å²) in [5, 5.41) is 7.91. The number of hydrogen-bond donors (Lipinski definition) is 2. The molecule has 0 saturated carbocycles. The van der Waals surface area contributed by atoms with E-state index < -0.39 is 0 Å². The Morgan fingerprint density at radius 2 is 1.79 bits per heavy atom. The van der Waals surface area contributed by atoms with Crippen LogP contribution < -0.4 is 10.6 Å². The third-order valence-electron chi connectivity index (χ3n) is 5.01. The molecule has 2 N–H and O–H groups in total. The van der Waals surface area contributed by atoms with Gasteiger partial charge >= 0.3 is 0 Å². The van der Waals surface area contributed by atoms with Crippen molar-refractivity contribution in [3.63, 3.8) is 0 Å². The number of benzene rings is 1. The fourth-order valence-electron chi connectivity index (χ4n) is 3.24. The van der Waals surface area contributed by atoms with Gasteiger partial charge in [-0.25, -0.2) is 4.98 Å². The summed E-state index contributed by atoms with van der Waals surface area (Å²) in [5.41, 5.74) is 2.65. The second-order valence-corrected chi connectivity index (χ2v) is 8.68. The number of nitrogens with zero attached hydrogens (tertiary/aromatic N) is 4. The molecule has 1 aromatic heterocycles. The summed E-state index contributed by atoms with van der Waals surface area (Å²) in [6.45, 7) is 9.37. The number of aryl methyl sites for hydroxylation is 1. The molecular formula is C21H33IN6S. The van der Waals surface area contributed by atoms with Gasteiger partial charge in [-0.15, -0.1) is 35.3 Å². The van der Waals surface area contributed by atoms with Crippen molar-refractivity contribution < 1.29 is 0 Å². The maximum atomic E-state index is 4.40. The maximum Gasteiger partial charge on any atom is 0.191 e. The van der Waals surface area contributed by atoms with Gasteiger partial charge in [-0.05, 0) is 25.1 Å². The largest absolute Gasteiger partial charge is 0.356 e. The summed E-state index contributed by atoms with van der Waals surface area (Å²) >= 11 is 1.75. The Hall–Kier alpha value is -1.23. The number of rotatable bonds is 7. The van der Waals surface area contributed by atoms with Crippen LogP contribution in [0.2, 0.25) is 0 Å². The zero-order valence-electron chi connectivity index (χ0n) is 17.6. The van der Waals surface area contributed by atoms with E-state index >= 15 is 0 Å². The monoisotopic (exact) mass is 528 g/mol. The number of guanidine groups is 1. The van der Waals surface area contributed by atoms with Crippen molar-refractivity contribution >= 4 is 41.3 Å². The van der Waals surface area contributed by atoms with Gasteiger partial charge in [-0.2, -0.15) is 0 Å². The lowest BCUT2D eigenvalue weighted by atomic mass is 10.1. The maximum absolute atomic E-state index is 4.40. The van der Waals surface area contributed by atoms with Crippen molar-refractivity contribution in [3.05, 3.63) is 51.5 Å². The van der Waals surface area contributed by atoms with E-state index in [9.17, 15) is 0 Å². The van der Waals surface area contributed by atoms with Gasteiger partial charge in [0.1, 0.15) is 0 Å². The van der Waals surface area contributed by atoms with Gasteiger partial charge < -0.3 is 15.5 Å². The third kappa shape index (κ3) is 8.19. The minimum absolute atomic E-state index is 0. The topological polar surface area (TPSA) is 55.8 Å². The summed E-state index contributed by atoms with van der Waals surface area (Å²) in [4.78, 5) is 14.9. The predicted molar refractivity (Wildman–Crippen MR) is 133 cm³/mol. The molecule has 1 aliphatic heterocycles. The average Bonchev–Trinajstić information content (AvgIpc) is 3.12. The van der Waals surface area contributed by atoms with E-state index in [0.717, 1.165) is 63.2 Å². The Bertz CT molecular complexity index is 753. The average molecular weight is 529 g/mol. The lowest BCUT2D eigenvalue weighted by molar-refractivity contribution is 0.148. The molecule has 1 fully saturated rings. The van der Waals surface area contributed by atoms with Crippen molar-refractivity contribution in [3.8, 4) is 0 Å². The summed E-state index contributed by atoms with van der Waals surface area (Å²) in [7, 11) is 4.00. The molecule has 1 saturated heterocycles. The molecule has 3 rings (SSSR count). The van der Waals surface area contributed by atoms with Gasteiger partial charge in [0.05, 0.1) is 5.01 Å². The van der Waals surface area contributed by atoms with Crippen LogP contribution in [0.15, 0.2) is 35.5 Å². The fourth-order valence-corrected chi connectivity index (χ4v) is 4.02. The number of piperazine rings is 1. The van der Waals surface area contributed by atoms with E-state index in [2.05, 4.69) is 68.6 Å². The number of thiazole rings is 1. The molecule has 0 aliphatic carbocycles. The molecule has 8 heteroatoms. The highest BCUT2D eigenvalue weighted by Crippen LogP contribution is 2.11. The summed E-state index contributed by atoms with van der Waals surface area (Å²) in [5.74, 6) is 0.829. The van der Waals surface area contributed by atoms with Crippen molar-refractivity contribution in [2.24, 2.45) is 4.99 Å². The zero-order valence-corrected chi connectivity index (χ0v) is 20.8. The van der Waals surface area contributed by atoms with Crippen molar-refractivity contribution in [1.82, 2.24) is 25.4 Å². The van der Waals surface area contributed by atoms with Crippen molar-refractivity contribution in [1.29, 1.82) is 0 Å². The van der Waals surface area contributed by atoms with Crippen LogP contribution in [0.25, 0.3) is 0 Å². The minimum Gasteiger partial charge on any atom is -0.356 e. The first-order valence-corrected chi connectivity index (χ1v) is 10.8. The van der Waals surface area contributed by atoms with Crippen LogP contribution in [0.3, 0.4) is 0 Å². The van der Waals surface area contributed by atoms with Gasteiger partial charge in [0.15, 0.2) is 5.96 Å². The number of likely N-dealkylation sites (N-methyl/N-ethyl adjacent to an activating group) is 1. The molecule has 0 unspecified atom stereocenters. The van der Waals surface area contributed by atoms with Gasteiger partial charge in [-0.1, -0.05) is 24.3 Å². The molecule has 29 heavy (non-hydrogen) atoms. The smallest absolute Gasteiger partial charge is 0.191 e. The number of aliphatic imine (C=N–C) groups is 1. The van der Waals surface area contributed by atoms with Crippen molar-refractivity contribution in [2.45, 2.75) is 26.4 Å². The molecule has 6 nitrogen and oxygen atoms in total. The molecule has 0 amide bonds. The molecule has 1 aromatic carbocycles. The lowest BCUT2D eigenvalue weighted by Gasteiger charge is -2.32. The summed E-state index contributed by atoms with van der Waals surface area (Å²) in [6.07, 6.45) is 2.85. The van der Waals surface area contributed by atoms with Crippen LogP contribution in [0.4, 0.5) is 0 Å². The van der Waals surface area contributed by atoms with Crippen LogP contribution >= 0.6 is 35.3 Å². The Morgan fingerprint density at radius 1 is 1.10 bits per heavy atom. The van der Waals surface area contributed by atoms with Gasteiger partial charge in [-0.3, -0.25) is 9.89 Å². The Kier molecular flexibility index (Phi) is 10.3. The molecule has 2 aromatic rings. The van der Waals surface area contributed by atoms with E-state index in [4.69, 9.17) is 0 Å². The zero-order chi connectivity index (χ0) is 19.8. The second kappa shape index (κ2) is 12.5. The van der Waals surface area contributed by atoms with Crippen LogP contribution in [0, 0.1) is 6.92 Å². The first-order valence-electron chi connectivity index (χ1n) is 9.97. The van der Waals surface area contributed by atoms with E-state index in [1.54, 1.807) is 11.3 Å². The van der Waals surface area contributed by atoms with E-state index in [1.165, 1.54) is 16.0 Å². The number of nitrogens with one attached hydrogen (secondary N) is 2. The number of aromatic nitrogens is 1. The lowest BCUT2D eigenvalue weighted by Crippen LogP contribution is -2.43. The highest BCUT2D eigenvalue weighted by atomic mass is 127. The predicted octanol–water partition coefficient (Wildman–Crippen LogP) is 2.72. The molecule has 0 bridgehead atoms. The Morgan fingerprint density at radius 3 is 2.41 bits per heavy atom. The molecule has 160 valence electrons. The molecular weight excluding hydrogens is 495 g/mol. The molecule has 0 spiro atoms.